The van der Waals surface area contributed by atoms with E-state index in [1.807, 2.05) is 43.4 Å². The van der Waals surface area contributed by atoms with E-state index in [0.717, 1.165) is 40.6 Å². The van der Waals surface area contributed by atoms with Crippen LogP contribution in [0.5, 0.6) is 11.5 Å². The zero-order chi connectivity index (χ0) is 21.5. The van der Waals surface area contributed by atoms with Gasteiger partial charge in [0.2, 0.25) is 5.91 Å². The molecule has 158 valence electrons. The van der Waals surface area contributed by atoms with E-state index in [2.05, 4.69) is 30.0 Å². The van der Waals surface area contributed by atoms with Crippen LogP contribution in [0.2, 0.25) is 0 Å². The highest BCUT2D eigenvalue weighted by molar-refractivity contribution is 5.84. The molecule has 0 saturated carbocycles. The lowest BCUT2D eigenvalue weighted by molar-refractivity contribution is -0.131. The molecule has 1 N–H and O–H groups in total. The molecule has 0 unspecified atom stereocenters. The highest BCUT2D eigenvalue weighted by atomic mass is 16.5. The Kier molecular flexibility index (Phi) is 7.31. The number of hydrogen-bond donors (Lipinski definition) is 1. The minimum Gasteiger partial charge on any atom is -0.508 e. The first-order chi connectivity index (χ1) is 14.5. The van der Waals surface area contributed by atoms with Crippen LogP contribution < -0.4 is 4.74 Å². The average molecular weight is 407 g/mol. The number of carbonyl (C=O) groups is 1. The molecule has 0 spiro atoms. The largest absolute Gasteiger partial charge is 0.508 e. The number of nitrogens with zero attached hydrogens (tertiary/aromatic N) is 2. The minimum absolute atomic E-state index is 0.0636. The fourth-order valence-electron chi connectivity index (χ4n) is 3.59. The molecule has 30 heavy (non-hydrogen) atoms. The molecule has 0 aliphatic carbocycles. The van der Waals surface area contributed by atoms with E-state index in [-0.39, 0.29) is 11.7 Å². The van der Waals surface area contributed by atoms with Gasteiger partial charge in [-0.1, -0.05) is 43.3 Å². The van der Waals surface area contributed by atoms with Crippen LogP contribution in [-0.4, -0.2) is 48.1 Å². The smallest absolute Gasteiger partial charge is 0.236 e. The van der Waals surface area contributed by atoms with Crippen molar-refractivity contribution < 1.29 is 14.6 Å². The first kappa shape index (κ1) is 21.7. The van der Waals surface area contributed by atoms with Crippen molar-refractivity contribution in [1.29, 1.82) is 0 Å². The lowest BCUT2D eigenvalue weighted by Crippen LogP contribution is -2.38. The molecule has 0 aromatic heterocycles. The van der Waals surface area contributed by atoms with Crippen molar-refractivity contribution in [3.8, 4) is 11.5 Å². The third-order valence-electron chi connectivity index (χ3n) is 5.24. The van der Waals surface area contributed by atoms with Crippen LogP contribution in [0, 0.1) is 0 Å². The molecule has 0 bridgehead atoms. The van der Waals surface area contributed by atoms with Crippen LogP contribution in [0.15, 0.2) is 60.7 Å². The van der Waals surface area contributed by atoms with Crippen molar-refractivity contribution in [2.24, 2.45) is 0 Å². The topological polar surface area (TPSA) is 53.0 Å². The Bertz CT molecular complexity index is 1000. The van der Waals surface area contributed by atoms with Gasteiger partial charge in [0.15, 0.2) is 0 Å². The quantitative estimate of drug-likeness (QED) is 0.571. The molecule has 0 aliphatic heterocycles. The highest BCUT2D eigenvalue weighted by Crippen LogP contribution is 2.22. The van der Waals surface area contributed by atoms with E-state index in [9.17, 15) is 9.90 Å². The molecule has 5 nitrogen and oxygen atoms in total. The first-order valence-electron chi connectivity index (χ1n) is 10.3. The Hall–Kier alpha value is -3.05. The fourth-order valence-corrected chi connectivity index (χ4v) is 3.59. The number of benzene rings is 3. The molecule has 0 atom stereocenters. The van der Waals surface area contributed by atoms with Crippen molar-refractivity contribution in [1.82, 2.24) is 9.80 Å². The SMILES string of the molecule is CCCN(CC(=O)N(C)Cc1ccc2cc(OC)ccc2c1)Cc1ccccc1O. The summed E-state index contributed by atoms with van der Waals surface area (Å²) < 4.78 is 5.28. The number of phenolic OH excluding ortho intramolecular Hbond substituents is 1. The minimum atomic E-state index is 0.0636. The second-order valence-electron chi connectivity index (χ2n) is 7.64. The molecule has 0 saturated heterocycles. The van der Waals surface area contributed by atoms with Gasteiger partial charge in [0.25, 0.3) is 0 Å². The van der Waals surface area contributed by atoms with Gasteiger partial charge in [-0.05, 0) is 53.6 Å². The Labute approximate surface area is 178 Å². The summed E-state index contributed by atoms with van der Waals surface area (Å²) in [6.07, 6.45) is 0.943. The first-order valence-corrected chi connectivity index (χ1v) is 10.3. The van der Waals surface area contributed by atoms with Gasteiger partial charge in [-0.25, -0.2) is 0 Å². The summed E-state index contributed by atoms with van der Waals surface area (Å²) in [7, 11) is 3.50. The van der Waals surface area contributed by atoms with Crippen LogP contribution in [0.3, 0.4) is 0 Å². The molecule has 3 aromatic rings. The lowest BCUT2D eigenvalue weighted by Gasteiger charge is -2.25. The maximum absolute atomic E-state index is 12.9. The van der Waals surface area contributed by atoms with E-state index >= 15 is 0 Å². The second kappa shape index (κ2) is 10.1. The number of ether oxygens (including phenoxy) is 1. The van der Waals surface area contributed by atoms with E-state index < -0.39 is 0 Å². The van der Waals surface area contributed by atoms with Crippen molar-refractivity contribution in [3.05, 3.63) is 71.8 Å². The maximum atomic E-state index is 12.9. The van der Waals surface area contributed by atoms with E-state index in [0.29, 0.717) is 19.6 Å². The number of amides is 1. The van der Waals surface area contributed by atoms with Gasteiger partial charge >= 0.3 is 0 Å². The van der Waals surface area contributed by atoms with Gasteiger partial charge < -0.3 is 14.7 Å². The highest BCUT2D eigenvalue weighted by Gasteiger charge is 2.16. The normalized spacial score (nSPS) is 11.1. The zero-order valence-electron chi connectivity index (χ0n) is 18.0. The summed E-state index contributed by atoms with van der Waals surface area (Å²) >= 11 is 0. The Balaban J connectivity index is 1.65. The van der Waals surface area contributed by atoms with Gasteiger partial charge in [-0.2, -0.15) is 0 Å². The van der Waals surface area contributed by atoms with E-state index in [1.54, 1.807) is 18.1 Å². The van der Waals surface area contributed by atoms with Crippen molar-refractivity contribution in [3.63, 3.8) is 0 Å². The number of methoxy groups -OCH3 is 1. The van der Waals surface area contributed by atoms with Gasteiger partial charge in [-0.15, -0.1) is 0 Å². The molecular weight excluding hydrogens is 376 g/mol. The van der Waals surface area contributed by atoms with Crippen molar-refractivity contribution >= 4 is 16.7 Å². The third kappa shape index (κ3) is 5.51. The number of likely N-dealkylation sites (N-methyl/N-ethyl adjacent to an activating group) is 1. The number of carbonyl (C=O) groups excluding carboxylic acids is 1. The van der Waals surface area contributed by atoms with Crippen LogP contribution in [0.1, 0.15) is 24.5 Å². The molecule has 1 amide bonds. The average Bonchev–Trinajstić information content (AvgIpc) is 2.75. The van der Waals surface area contributed by atoms with Gasteiger partial charge in [0.05, 0.1) is 13.7 Å². The number of aromatic hydroxyl groups is 1. The Morgan fingerprint density at radius 3 is 2.47 bits per heavy atom. The molecular formula is C25H30N2O3. The van der Waals surface area contributed by atoms with Crippen molar-refractivity contribution in [2.45, 2.75) is 26.4 Å². The molecule has 0 fully saturated rings. The number of phenols is 1. The molecule has 0 aliphatic rings. The second-order valence-corrected chi connectivity index (χ2v) is 7.64. The molecule has 5 heteroatoms. The van der Waals surface area contributed by atoms with Crippen LogP contribution in [0.4, 0.5) is 0 Å². The van der Waals surface area contributed by atoms with Crippen LogP contribution >= 0.6 is 0 Å². The van der Waals surface area contributed by atoms with Gasteiger partial charge in [-0.3, -0.25) is 9.69 Å². The van der Waals surface area contributed by atoms with Gasteiger partial charge in [0, 0.05) is 25.7 Å². The molecule has 0 heterocycles. The monoisotopic (exact) mass is 406 g/mol. The number of para-hydroxylation sites is 1. The summed E-state index contributed by atoms with van der Waals surface area (Å²) in [6, 6.07) is 19.5. The lowest BCUT2D eigenvalue weighted by atomic mass is 10.1. The Morgan fingerprint density at radius 2 is 1.73 bits per heavy atom. The summed E-state index contributed by atoms with van der Waals surface area (Å²) in [5.74, 6) is 1.17. The number of hydrogen-bond acceptors (Lipinski definition) is 4. The zero-order valence-corrected chi connectivity index (χ0v) is 18.0. The van der Waals surface area contributed by atoms with E-state index in [4.69, 9.17) is 4.74 Å². The van der Waals surface area contributed by atoms with Crippen LogP contribution in [-0.2, 0) is 17.9 Å². The summed E-state index contributed by atoms with van der Waals surface area (Å²) in [5, 5.41) is 12.3. The number of fused-ring (bicyclic) bond motifs is 1. The predicted octanol–water partition coefficient (Wildman–Crippen LogP) is 4.42. The maximum Gasteiger partial charge on any atom is 0.236 e. The van der Waals surface area contributed by atoms with E-state index in [1.165, 1.54) is 0 Å². The Morgan fingerprint density at radius 1 is 1.00 bits per heavy atom. The molecule has 0 radical (unpaired) electrons. The van der Waals surface area contributed by atoms with Crippen LogP contribution in [0.25, 0.3) is 10.8 Å². The van der Waals surface area contributed by atoms with Crippen molar-refractivity contribution in [2.75, 3.05) is 27.2 Å². The van der Waals surface area contributed by atoms with Gasteiger partial charge in [0.1, 0.15) is 11.5 Å². The summed E-state index contributed by atoms with van der Waals surface area (Å²) in [5.41, 5.74) is 1.93. The standard InChI is InChI=1S/C25H30N2O3/c1-4-13-27(17-22-7-5-6-8-24(22)28)18-25(29)26(2)16-19-9-10-21-15-23(30-3)12-11-20(21)14-19/h5-12,14-15,28H,4,13,16-18H2,1-3H3. The third-order valence-corrected chi connectivity index (χ3v) is 5.24. The number of rotatable bonds is 9. The molecule has 3 rings (SSSR count). The summed E-state index contributed by atoms with van der Waals surface area (Å²) in [6.45, 7) is 4.32. The predicted molar refractivity (Wildman–Crippen MR) is 121 cm³/mol. The summed E-state index contributed by atoms with van der Waals surface area (Å²) in [4.78, 5) is 16.7. The fraction of sp³-hybridized carbons (Fsp3) is 0.320. The molecule has 3 aromatic carbocycles.